The second kappa shape index (κ2) is 4.14. The first kappa shape index (κ1) is 10.2. The quantitative estimate of drug-likeness (QED) is 0.303. The normalized spacial score (nSPS) is 11.2. The molecule has 0 rings (SSSR count). The predicted molar refractivity (Wildman–Crippen MR) is 36.6 cm³/mol. The molecule has 0 aliphatic heterocycles. The average Bonchev–Trinajstić information content (AvgIpc) is 1.88. The van der Waals surface area contributed by atoms with Gasteiger partial charge in [-0.25, -0.2) is 5.90 Å². The molecular formula is C5H10N3O3. The fourth-order valence-electron chi connectivity index (χ4n) is 0.428. The van der Waals surface area contributed by atoms with Crippen LogP contribution in [-0.4, -0.2) is 24.3 Å². The molecular weight excluding hydrogens is 150 g/mol. The van der Waals surface area contributed by atoms with Gasteiger partial charge >= 0.3 is 0 Å². The molecule has 0 fully saturated rings. The molecule has 0 aliphatic rings. The summed E-state index contributed by atoms with van der Waals surface area (Å²) in [4.78, 5) is 24.6. The van der Waals surface area contributed by atoms with E-state index in [1.807, 2.05) is 0 Å². The van der Waals surface area contributed by atoms with Crippen LogP contribution in [0.1, 0.15) is 6.42 Å². The molecule has 0 spiro atoms. The molecule has 0 aromatic rings. The van der Waals surface area contributed by atoms with Gasteiger partial charge < -0.3 is 11.5 Å². The summed E-state index contributed by atoms with van der Waals surface area (Å²) < 4.78 is 0. The summed E-state index contributed by atoms with van der Waals surface area (Å²) in [6.45, 7) is -0.408. The van der Waals surface area contributed by atoms with Crippen molar-refractivity contribution in [3.8, 4) is 0 Å². The minimum atomic E-state index is -1.71. The fourth-order valence-corrected chi connectivity index (χ4v) is 0.428. The predicted octanol–water partition coefficient (Wildman–Crippen LogP) is -2.44. The first-order chi connectivity index (χ1) is 5.04. The van der Waals surface area contributed by atoms with Crippen molar-refractivity contribution >= 4 is 12.1 Å². The van der Waals surface area contributed by atoms with Crippen LogP contribution in [0.25, 0.3) is 0 Å². The Bertz CT molecular complexity index is 157. The van der Waals surface area contributed by atoms with E-state index >= 15 is 0 Å². The van der Waals surface area contributed by atoms with Crippen molar-refractivity contribution in [1.29, 1.82) is 0 Å². The smallest absolute Gasteiger partial charge is 0.202 e. The van der Waals surface area contributed by atoms with Gasteiger partial charge in [-0.05, 0) is 0 Å². The van der Waals surface area contributed by atoms with E-state index < -0.39 is 18.1 Å². The van der Waals surface area contributed by atoms with E-state index in [2.05, 4.69) is 10.7 Å². The maximum Gasteiger partial charge on any atom is 0.202 e. The van der Waals surface area contributed by atoms with Gasteiger partial charge in [0.15, 0.2) is 5.78 Å². The zero-order valence-electron chi connectivity index (χ0n) is 5.87. The van der Waals surface area contributed by atoms with Gasteiger partial charge in [-0.1, -0.05) is 0 Å². The van der Waals surface area contributed by atoms with Gasteiger partial charge in [0.2, 0.25) is 6.29 Å². The summed E-state index contributed by atoms with van der Waals surface area (Å²) in [5, 5.41) is 0. The van der Waals surface area contributed by atoms with Crippen LogP contribution in [0, 0.1) is 0 Å². The Kier molecular flexibility index (Phi) is 3.83. The van der Waals surface area contributed by atoms with Crippen LogP contribution in [0.4, 0.5) is 0 Å². The molecule has 63 valence electrons. The van der Waals surface area contributed by atoms with Gasteiger partial charge in [0.25, 0.3) is 0 Å². The summed E-state index contributed by atoms with van der Waals surface area (Å²) in [5.74, 6) is 3.96. The lowest BCUT2D eigenvalue weighted by atomic mass is 10.0. The van der Waals surface area contributed by atoms with E-state index in [1.165, 1.54) is 6.29 Å². The third-order valence-electron chi connectivity index (χ3n) is 1.10. The van der Waals surface area contributed by atoms with Crippen molar-refractivity contribution in [2.75, 3.05) is 6.61 Å². The van der Waals surface area contributed by atoms with Crippen LogP contribution >= 0.6 is 0 Å². The molecule has 6 heteroatoms. The maximum atomic E-state index is 10.8. The highest BCUT2D eigenvalue weighted by atomic mass is 16.6. The van der Waals surface area contributed by atoms with Crippen LogP contribution in [0.15, 0.2) is 0 Å². The standard InChI is InChI=1S/C5H10N3O3/c6-5(7,1-2-9)4(10)3-11-8/h1,3,6-8H2. The number of Topliss-reactive ketones (excluding diaryl/α,β-unsaturated/α-hetero) is 1. The van der Waals surface area contributed by atoms with Gasteiger partial charge in [0.1, 0.15) is 12.3 Å². The van der Waals surface area contributed by atoms with Gasteiger partial charge in [-0.15, -0.1) is 0 Å². The maximum absolute atomic E-state index is 10.8. The van der Waals surface area contributed by atoms with E-state index in [1.54, 1.807) is 0 Å². The molecule has 0 saturated heterocycles. The van der Waals surface area contributed by atoms with Crippen LogP contribution in [0.3, 0.4) is 0 Å². The number of hydrogen-bond donors (Lipinski definition) is 3. The first-order valence-corrected chi connectivity index (χ1v) is 2.82. The van der Waals surface area contributed by atoms with E-state index in [0.29, 0.717) is 0 Å². The largest absolute Gasteiger partial charge is 0.307 e. The van der Waals surface area contributed by atoms with Crippen molar-refractivity contribution < 1.29 is 14.4 Å². The minimum Gasteiger partial charge on any atom is -0.307 e. The summed E-state index contributed by atoms with van der Waals surface area (Å²) >= 11 is 0. The first-order valence-electron chi connectivity index (χ1n) is 2.82. The number of rotatable bonds is 5. The Morgan fingerprint density at radius 3 is 2.45 bits per heavy atom. The molecule has 0 aromatic carbocycles. The topological polar surface area (TPSA) is 121 Å². The van der Waals surface area contributed by atoms with Crippen molar-refractivity contribution in [2.45, 2.75) is 12.1 Å². The molecule has 0 heterocycles. The highest BCUT2D eigenvalue weighted by molar-refractivity contribution is 5.90. The van der Waals surface area contributed by atoms with E-state index in [4.69, 9.17) is 11.5 Å². The Labute approximate surface area is 63.6 Å². The Morgan fingerprint density at radius 1 is 1.55 bits per heavy atom. The van der Waals surface area contributed by atoms with Crippen LogP contribution < -0.4 is 17.4 Å². The lowest BCUT2D eigenvalue weighted by molar-refractivity contribution is -0.128. The molecule has 0 amide bonds. The summed E-state index contributed by atoms with van der Waals surface area (Å²) in [6, 6.07) is 0. The van der Waals surface area contributed by atoms with Gasteiger partial charge in [0.05, 0.1) is 6.42 Å². The number of ketones is 1. The number of carbonyl (C=O) groups excluding carboxylic acids is 2. The lowest BCUT2D eigenvalue weighted by Crippen LogP contribution is -2.58. The second-order valence-corrected chi connectivity index (χ2v) is 2.10. The average molecular weight is 160 g/mol. The SMILES string of the molecule is NOCC(=O)C(N)(N)C[C]=O. The molecule has 0 saturated carbocycles. The summed E-state index contributed by atoms with van der Waals surface area (Å²) in [5.41, 5.74) is 8.67. The van der Waals surface area contributed by atoms with Crippen LogP contribution in [-0.2, 0) is 14.4 Å². The highest BCUT2D eigenvalue weighted by Crippen LogP contribution is 1.96. The third-order valence-corrected chi connectivity index (χ3v) is 1.10. The Morgan fingerprint density at radius 2 is 2.09 bits per heavy atom. The fraction of sp³-hybridized carbons (Fsp3) is 0.600. The second-order valence-electron chi connectivity index (χ2n) is 2.10. The van der Waals surface area contributed by atoms with E-state index in [9.17, 15) is 9.59 Å². The van der Waals surface area contributed by atoms with Gasteiger partial charge in [0, 0.05) is 0 Å². The molecule has 1 radical (unpaired) electrons. The number of carbonyl (C=O) groups is 1. The van der Waals surface area contributed by atoms with E-state index in [-0.39, 0.29) is 6.42 Å². The summed E-state index contributed by atoms with van der Waals surface area (Å²) in [6.07, 6.45) is 1.06. The van der Waals surface area contributed by atoms with Crippen molar-refractivity contribution in [3.05, 3.63) is 0 Å². The molecule has 0 aliphatic carbocycles. The molecule has 11 heavy (non-hydrogen) atoms. The van der Waals surface area contributed by atoms with Crippen molar-refractivity contribution in [3.63, 3.8) is 0 Å². The van der Waals surface area contributed by atoms with Crippen molar-refractivity contribution in [1.82, 2.24) is 0 Å². The highest BCUT2D eigenvalue weighted by Gasteiger charge is 2.28. The Hall–Kier alpha value is -0.820. The lowest BCUT2D eigenvalue weighted by Gasteiger charge is -2.18. The monoisotopic (exact) mass is 160 g/mol. The van der Waals surface area contributed by atoms with Gasteiger partial charge in [-0.2, -0.15) is 0 Å². The molecule has 6 nitrogen and oxygen atoms in total. The van der Waals surface area contributed by atoms with Gasteiger partial charge in [-0.3, -0.25) is 14.4 Å². The third kappa shape index (κ3) is 3.19. The molecule has 0 aromatic heterocycles. The molecule has 6 N–H and O–H groups in total. The molecule has 0 atom stereocenters. The zero-order chi connectivity index (χ0) is 8.91. The molecule has 0 unspecified atom stereocenters. The number of hydrogen-bond acceptors (Lipinski definition) is 6. The minimum absolute atomic E-state index is 0.366. The zero-order valence-corrected chi connectivity index (χ0v) is 5.87. The Balaban J connectivity index is 4.05. The van der Waals surface area contributed by atoms with Crippen LogP contribution in [0.2, 0.25) is 0 Å². The van der Waals surface area contributed by atoms with E-state index in [0.717, 1.165) is 0 Å². The number of nitrogens with two attached hydrogens (primary N) is 3. The van der Waals surface area contributed by atoms with Crippen molar-refractivity contribution in [2.24, 2.45) is 17.4 Å². The summed E-state index contributed by atoms with van der Waals surface area (Å²) in [7, 11) is 0. The van der Waals surface area contributed by atoms with Crippen LogP contribution in [0.5, 0.6) is 0 Å². The molecule has 0 bridgehead atoms.